The number of benzene rings is 3. The van der Waals surface area contributed by atoms with Gasteiger partial charge in [-0.1, -0.05) is 42.5 Å². The molecule has 0 fully saturated rings. The van der Waals surface area contributed by atoms with Crippen molar-refractivity contribution in [1.29, 1.82) is 0 Å². The Kier molecular flexibility index (Phi) is 5.16. The third kappa shape index (κ3) is 4.09. The SMILES string of the molecule is O=C(c1ccccc1)c1ccc2nc(-c3ccc(-c4nn(Cn5ccnc5)c(=S)o4)cc3)[nH]c2c1. The van der Waals surface area contributed by atoms with E-state index in [2.05, 4.69) is 20.1 Å². The first-order valence-corrected chi connectivity index (χ1v) is 11.3. The molecule has 8 nitrogen and oxygen atoms in total. The van der Waals surface area contributed by atoms with Crippen LogP contribution in [0.15, 0.2) is 95.9 Å². The molecule has 0 atom stereocenters. The summed E-state index contributed by atoms with van der Waals surface area (Å²) in [7, 11) is 0. The van der Waals surface area contributed by atoms with Crippen molar-refractivity contribution in [2.75, 3.05) is 0 Å². The average molecular weight is 479 g/mol. The summed E-state index contributed by atoms with van der Waals surface area (Å²) in [4.78, 5) is 25.1. The van der Waals surface area contributed by atoms with Crippen LogP contribution < -0.4 is 0 Å². The number of carbonyl (C=O) groups excluding carboxylic acids is 1. The van der Waals surface area contributed by atoms with Gasteiger partial charge >= 0.3 is 0 Å². The number of imidazole rings is 2. The fraction of sp³-hybridized carbons (Fsp3) is 0.0385. The van der Waals surface area contributed by atoms with Crippen molar-refractivity contribution < 1.29 is 9.21 Å². The van der Waals surface area contributed by atoms with Gasteiger partial charge in [-0.2, -0.15) is 4.68 Å². The molecule has 9 heteroatoms. The summed E-state index contributed by atoms with van der Waals surface area (Å²) in [5.74, 6) is 1.13. The van der Waals surface area contributed by atoms with E-state index in [0.717, 1.165) is 22.2 Å². The Morgan fingerprint density at radius 2 is 1.77 bits per heavy atom. The smallest absolute Gasteiger partial charge is 0.289 e. The van der Waals surface area contributed by atoms with Crippen LogP contribution >= 0.6 is 12.2 Å². The largest absolute Gasteiger partial charge is 0.409 e. The predicted molar refractivity (Wildman–Crippen MR) is 133 cm³/mol. The van der Waals surface area contributed by atoms with Crippen molar-refractivity contribution >= 4 is 29.0 Å². The van der Waals surface area contributed by atoms with Gasteiger partial charge in [-0.3, -0.25) is 4.79 Å². The zero-order valence-corrected chi connectivity index (χ0v) is 19.1. The maximum Gasteiger partial charge on any atom is 0.289 e. The molecule has 0 aliphatic heterocycles. The summed E-state index contributed by atoms with van der Waals surface area (Å²) in [5.41, 5.74) is 4.56. The van der Waals surface area contributed by atoms with E-state index in [0.29, 0.717) is 29.5 Å². The molecule has 6 rings (SSSR count). The second-order valence-corrected chi connectivity index (χ2v) is 8.33. The van der Waals surface area contributed by atoms with Crippen molar-refractivity contribution in [3.8, 4) is 22.8 Å². The second-order valence-electron chi connectivity index (χ2n) is 7.98. The number of carbonyl (C=O) groups is 1. The van der Waals surface area contributed by atoms with E-state index < -0.39 is 0 Å². The van der Waals surface area contributed by atoms with Crippen molar-refractivity contribution in [2.45, 2.75) is 6.67 Å². The Bertz CT molecular complexity index is 1700. The third-order valence-electron chi connectivity index (χ3n) is 5.65. The number of nitrogens with one attached hydrogen (secondary N) is 1. The Hall–Kier alpha value is -4.63. The average Bonchev–Trinajstić information content (AvgIpc) is 3.65. The Balaban J connectivity index is 1.25. The van der Waals surface area contributed by atoms with Gasteiger partial charge in [-0.15, -0.1) is 5.10 Å². The minimum absolute atomic E-state index is 0.0228. The molecule has 0 amide bonds. The van der Waals surface area contributed by atoms with Crippen molar-refractivity contribution in [3.63, 3.8) is 0 Å². The fourth-order valence-corrected chi connectivity index (χ4v) is 4.03. The van der Waals surface area contributed by atoms with Gasteiger partial charge < -0.3 is 14.0 Å². The van der Waals surface area contributed by atoms with Gasteiger partial charge in [0.05, 0.1) is 17.4 Å². The molecule has 0 aliphatic rings. The van der Waals surface area contributed by atoms with Crippen LogP contribution in [0.25, 0.3) is 33.9 Å². The van der Waals surface area contributed by atoms with Crippen molar-refractivity contribution in [2.24, 2.45) is 0 Å². The van der Waals surface area contributed by atoms with Crippen LogP contribution in [0.5, 0.6) is 0 Å². The van der Waals surface area contributed by atoms with Gasteiger partial charge in [0.1, 0.15) is 12.5 Å². The predicted octanol–water partition coefficient (Wildman–Crippen LogP) is 5.35. The second kappa shape index (κ2) is 8.62. The summed E-state index contributed by atoms with van der Waals surface area (Å²) in [6, 6.07) is 22.4. The van der Waals surface area contributed by atoms with E-state index >= 15 is 0 Å². The van der Waals surface area contributed by atoms with E-state index in [-0.39, 0.29) is 10.6 Å². The summed E-state index contributed by atoms with van der Waals surface area (Å²) in [5, 5.41) is 4.49. The highest BCUT2D eigenvalue weighted by molar-refractivity contribution is 7.71. The molecular formula is C26H18N6O2S. The molecule has 0 spiro atoms. The van der Waals surface area contributed by atoms with Crippen LogP contribution in [0.3, 0.4) is 0 Å². The summed E-state index contributed by atoms with van der Waals surface area (Å²) in [6.45, 7) is 0.425. The first-order valence-electron chi connectivity index (χ1n) is 10.9. The molecule has 3 heterocycles. The topological polar surface area (TPSA) is 94.5 Å². The van der Waals surface area contributed by atoms with E-state index in [1.807, 2.05) is 77.5 Å². The maximum atomic E-state index is 12.8. The van der Waals surface area contributed by atoms with E-state index in [4.69, 9.17) is 16.6 Å². The van der Waals surface area contributed by atoms with Crippen LogP contribution in [-0.2, 0) is 6.67 Å². The molecule has 6 aromatic rings. The van der Waals surface area contributed by atoms with Gasteiger partial charge in [0.2, 0.25) is 5.89 Å². The molecule has 0 aliphatic carbocycles. The van der Waals surface area contributed by atoms with Gasteiger partial charge in [-0.25, -0.2) is 9.97 Å². The molecule has 3 aromatic carbocycles. The summed E-state index contributed by atoms with van der Waals surface area (Å²) < 4.78 is 9.15. The standard InChI is InChI=1S/C26H18N6O2S/c33-23(17-4-2-1-3-5-17)20-10-11-21-22(14-20)29-24(28-21)18-6-8-19(9-7-18)25-30-32(26(35)34-25)16-31-13-12-27-15-31/h1-15H,16H2,(H,28,29). The quantitative estimate of drug-likeness (QED) is 0.256. The number of fused-ring (bicyclic) bond motifs is 1. The lowest BCUT2D eigenvalue weighted by atomic mass is 10.0. The van der Waals surface area contributed by atoms with Crippen molar-refractivity contribution in [3.05, 3.63) is 107 Å². The zero-order valence-electron chi connectivity index (χ0n) is 18.3. The molecule has 0 unspecified atom stereocenters. The van der Waals surface area contributed by atoms with Gasteiger partial charge in [0, 0.05) is 34.6 Å². The molecule has 0 bridgehead atoms. The molecule has 0 saturated heterocycles. The number of hydrogen-bond donors (Lipinski definition) is 1. The number of nitrogens with zero attached hydrogens (tertiary/aromatic N) is 5. The van der Waals surface area contributed by atoms with Gasteiger partial charge in [-0.05, 0) is 42.5 Å². The monoisotopic (exact) mass is 478 g/mol. The van der Waals surface area contributed by atoms with E-state index in [1.54, 1.807) is 23.3 Å². The molecule has 35 heavy (non-hydrogen) atoms. The molecule has 0 saturated carbocycles. The maximum absolute atomic E-state index is 12.8. The lowest BCUT2D eigenvalue weighted by molar-refractivity contribution is 0.103. The number of hydrogen-bond acceptors (Lipinski definition) is 6. The van der Waals surface area contributed by atoms with E-state index in [1.165, 1.54) is 0 Å². The highest BCUT2D eigenvalue weighted by atomic mass is 32.1. The van der Waals surface area contributed by atoms with Crippen LogP contribution in [-0.4, -0.2) is 35.1 Å². The number of H-pyrrole nitrogens is 1. The van der Waals surface area contributed by atoms with Crippen LogP contribution in [0.2, 0.25) is 0 Å². The fourth-order valence-electron chi connectivity index (χ4n) is 3.85. The molecule has 1 N–H and O–H groups in total. The number of ketones is 1. The highest BCUT2D eigenvalue weighted by Gasteiger charge is 2.13. The third-order valence-corrected chi connectivity index (χ3v) is 5.94. The zero-order chi connectivity index (χ0) is 23.8. The normalized spacial score (nSPS) is 11.2. The van der Waals surface area contributed by atoms with Crippen molar-refractivity contribution in [1.82, 2.24) is 29.3 Å². The highest BCUT2D eigenvalue weighted by Crippen LogP contribution is 2.25. The molecule has 3 aromatic heterocycles. The summed E-state index contributed by atoms with van der Waals surface area (Å²) >= 11 is 5.31. The molecule has 0 radical (unpaired) electrons. The first-order chi connectivity index (χ1) is 17.1. The lowest BCUT2D eigenvalue weighted by Gasteiger charge is -2.00. The Morgan fingerprint density at radius 1 is 0.971 bits per heavy atom. The van der Waals surface area contributed by atoms with Gasteiger partial charge in [0.15, 0.2) is 5.78 Å². The van der Waals surface area contributed by atoms with Crippen LogP contribution in [0, 0.1) is 4.84 Å². The molecular weight excluding hydrogens is 460 g/mol. The van der Waals surface area contributed by atoms with E-state index in [9.17, 15) is 4.79 Å². The van der Waals surface area contributed by atoms with Gasteiger partial charge in [0.25, 0.3) is 4.84 Å². The van der Waals surface area contributed by atoms with Crippen LogP contribution in [0.4, 0.5) is 0 Å². The molecule has 170 valence electrons. The Morgan fingerprint density at radius 3 is 2.54 bits per heavy atom. The number of aromatic nitrogens is 6. The first kappa shape index (κ1) is 20.9. The number of aromatic amines is 1. The number of rotatable bonds is 6. The van der Waals surface area contributed by atoms with Crippen LogP contribution in [0.1, 0.15) is 15.9 Å². The summed E-state index contributed by atoms with van der Waals surface area (Å²) in [6.07, 6.45) is 5.22. The minimum atomic E-state index is -0.0228. The Labute approximate surface area is 204 Å². The minimum Gasteiger partial charge on any atom is -0.409 e. The lowest BCUT2D eigenvalue weighted by Crippen LogP contribution is -2.07.